The standard InChI is InChI=1S/C22H22INO4S2/c1-4-10-28-20-17(23)11-14(12-18(20)26-3)13-19-21(25)24(22(29)30-19)15-6-8-16(9-7-15)27-5-2/h6-9,11-13H,4-5,10H2,1-3H3/b19-13+. The summed E-state index contributed by atoms with van der Waals surface area (Å²) in [7, 11) is 1.61. The summed E-state index contributed by atoms with van der Waals surface area (Å²) >= 11 is 8.98. The highest BCUT2D eigenvalue weighted by molar-refractivity contribution is 14.1. The lowest BCUT2D eigenvalue weighted by atomic mass is 10.1. The molecule has 2 aromatic rings. The minimum atomic E-state index is -0.144. The van der Waals surface area contributed by atoms with Crippen molar-refractivity contribution < 1.29 is 19.0 Å². The van der Waals surface area contributed by atoms with Crippen molar-refractivity contribution in [3.05, 3.63) is 50.4 Å². The minimum Gasteiger partial charge on any atom is -0.494 e. The highest BCUT2D eigenvalue weighted by Gasteiger charge is 2.33. The van der Waals surface area contributed by atoms with Crippen molar-refractivity contribution in [2.45, 2.75) is 20.3 Å². The molecule has 0 saturated carbocycles. The van der Waals surface area contributed by atoms with Gasteiger partial charge in [-0.25, -0.2) is 0 Å². The van der Waals surface area contributed by atoms with Gasteiger partial charge in [-0.3, -0.25) is 9.69 Å². The Kier molecular flexibility index (Phi) is 8.01. The Labute approximate surface area is 199 Å². The van der Waals surface area contributed by atoms with E-state index in [0.29, 0.717) is 28.2 Å². The zero-order chi connectivity index (χ0) is 21.7. The second kappa shape index (κ2) is 10.5. The van der Waals surface area contributed by atoms with E-state index < -0.39 is 0 Å². The van der Waals surface area contributed by atoms with Crippen molar-refractivity contribution in [2.75, 3.05) is 25.2 Å². The maximum absolute atomic E-state index is 13.0. The topological polar surface area (TPSA) is 48.0 Å². The average molecular weight is 555 g/mol. The molecule has 3 rings (SSSR count). The number of hydrogen-bond acceptors (Lipinski definition) is 6. The summed E-state index contributed by atoms with van der Waals surface area (Å²) in [6, 6.07) is 11.2. The Hall–Kier alpha value is -1.78. The van der Waals surface area contributed by atoms with Crippen LogP contribution in [0, 0.1) is 3.57 Å². The van der Waals surface area contributed by atoms with Crippen LogP contribution in [-0.4, -0.2) is 30.6 Å². The van der Waals surface area contributed by atoms with Crippen LogP contribution in [0.2, 0.25) is 0 Å². The third kappa shape index (κ3) is 5.09. The molecule has 0 spiro atoms. The van der Waals surface area contributed by atoms with Gasteiger partial charge in [0.15, 0.2) is 15.8 Å². The monoisotopic (exact) mass is 555 g/mol. The SMILES string of the molecule is CCCOc1c(I)cc(/C=C2/SC(=S)N(c3ccc(OCC)cc3)C2=O)cc1OC. The van der Waals surface area contributed by atoms with Gasteiger partial charge in [-0.05, 0) is 84.0 Å². The van der Waals surface area contributed by atoms with Crippen LogP contribution in [0.1, 0.15) is 25.8 Å². The second-order valence-corrected chi connectivity index (χ2v) is 9.16. The summed E-state index contributed by atoms with van der Waals surface area (Å²) in [5.74, 6) is 1.98. The quantitative estimate of drug-likeness (QED) is 0.230. The largest absolute Gasteiger partial charge is 0.494 e. The fourth-order valence-electron chi connectivity index (χ4n) is 2.87. The lowest BCUT2D eigenvalue weighted by molar-refractivity contribution is -0.113. The first-order valence-corrected chi connectivity index (χ1v) is 11.8. The van der Waals surface area contributed by atoms with E-state index in [9.17, 15) is 4.79 Å². The van der Waals surface area contributed by atoms with Crippen LogP contribution in [0.4, 0.5) is 5.69 Å². The Balaban J connectivity index is 1.87. The first-order chi connectivity index (χ1) is 14.5. The number of ether oxygens (including phenoxy) is 3. The minimum absolute atomic E-state index is 0.144. The molecule has 0 bridgehead atoms. The molecule has 8 heteroatoms. The molecule has 0 atom stereocenters. The van der Waals surface area contributed by atoms with Crippen molar-refractivity contribution in [1.82, 2.24) is 0 Å². The molecule has 0 N–H and O–H groups in total. The van der Waals surface area contributed by atoms with Crippen LogP contribution < -0.4 is 19.1 Å². The molecule has 0 aliphatic carbocycles. The summed E-state index contributed by atoms with van der Waals surface area (Å²) in [5.41, 5.74) is 1.58. The Morgan fingerprint density at radius 2 is 1.90 bits per heavy atom. The number of amides is 1. The predicted octanol–water partition coefficient (Wildman–Crippen LogP) is 5.89. The van der Waals surface area contributed by atoms with Crippen LogP contribution in [0.5, 0.6) is 17.2 Å². The Morgan fingerprint density at radius 1 is 1.17 bits per heavy atom. The van der Waals surface area contributed by atoms with Gasteiger partial charge in [-0.15, -0.1) is 0 Å². The van der Waals surface area contributed by atoms with Gasteiger partial charge in [-0.2, -0.15) is 0 Å². The highest BCUT2D eigenvalue weighted by atomic mass is 127. The third-order valence-electron chi connectivity index (χ3n) is 4.20. The van der Waals surface area contributed by atoms with Crippen molar-refractivity contribution in [2.24, 2.45) is 0 Å². The zero-order valence-corrected chi connectivity index (χ0v) is 20.7. The number of benzene rings is 2. The lowest BCUT2D eigenvalue weighted by Gasteiger charge is -2.15. The van der Waals surface area contributed by atoms with Crippen molar-refractivity contribution in [3.8, 4) is 17.2 Å². The Bertz CT molecular complexity index is 976. The number of hydrogen-bond donors (Lipinski definition) is 0. The van der Waals surface area contributed by atoms with Gasteiger partial charge in [0.1, 0.15) is 5.75 Å². The van der Waals surface area contributed by atoms with Gasteiger partial charge in [0.25, 0.3) is 5.91 Å². The molecule has 1 aliphatic rings. The summed E-state index contributed by atoms with van der Waals surface area (Å²) in [4.78, 5) is 15.1. The normalized spacial score (nSPS) is 15.1. The Morgan fingerprint density at radius 3 is 2.53 bits per heavy atom. The molecule has 2 aromatic carbocycles. The summed E-state index contributed by atoms with van der Waals surface area (Å²) < 4.78 is 18.2. The zero-order valence-electron chi connectivity index (χ0n) is 16.9. The van der Waals surface area contributed by atoms with Crippen LogP contribution in [-0.2, 0) is 4.79 Å². The molecule has 1 amide bonds. The van der Waals surface area contributed by atoms with Crippen LogP contribution >= 0.6 is 46.6 Å². The molecule has 1 fully saturated rings. The van der Waals surface area contributed by atoms with E-state index >= 15 is 0 Å². The summed E-state index contributed by atoms with van der Waals surface area (Å²) in [6.45, 7) is 5.19. The number of methoxy groups -OCH3 is 1. The molecule has 0 unspecified atom stereocenters. The van der Waals surface area contributed by atoms with Gasteiger partial charge in [0, 0.05) is 0 Å². The number of thioether (sulfide) groups is 1. The van der Waals surface area contributed by atoms with Crippen molar-refractivity contribution >= 4 is 68.6 Å². The van der Waals surface area contributed by atoms with E-state index in [1.807, 2.05) is 49.4 Å². The first-order valence-electron chi connectivity index (χ1n) is 9.49. The van der Waals surface area contributed by atoms with Crippen molar-refractivity contribution in [1.29, 1.82) is 0 Å². The third-order valence-corrected chi connectivity index (χ3v) is 6.30. The van der Waals surface area contributed by atoms with E-state index in [1.165, 1.54) is 11.8 Å². The predicted molar refractivity (Wildman–Crippen MR) is 135 cm³/mol. The first kappa shape index (κ1) is 22.9. The molecule has 158 valence electrons. The van der Waals surface area contributed by atoms with E-state index in [2.05, 4.69) is 29.5 Å². The molecule has 1 saturated heterocycles. The molecular formula is C22H22INO4S2. The average Bonchev–Trinajstić information content (AvgIpc) is 3.00. The lowest BCUT2D eigenvalue weighted by Crippen LogP contribution is -2.27. The molecule has 1 aliphatic heterocycles. The molecule has 30 heavy (non-hydrogen) atoms. The number of rotatable bonds is 8. The molecule has 5 nitrogen and oxygen atoms in total. The number of carbonyl (C=O) groups excluding carboxylic acids is 1. The van der Waals surface area contributed by atoms with Gasteiger partial charge in [0.05, 0.1) is 34.5 Å². The number of nitrogens with zero attached hydrogens (tertiary/aromatic N) is 1. The van der Waals surface area contributed by atoms with Gasteiger partial charge < -0.3 is 14.2 Å². The van der Waals surface area contributed by atoms with E-state index in [1.54, 1.807) is 12.0 Å². The van der Waals surface area contributed by atoms with Gasteiger partial charge >= 0.3 is 0 Å². The highest BCUT2D eigenvalue weighted by Crippen LogP contribution is 2.39. The molecule has 1 heterocycles. The van der Waals surface area contributed by atoms with Gasteiger partial charge in [-0.1, -0.05) is 30.9 Å². The van der Waals surface area contributed by atoms with Crippen LogP contribution in [0.15, 0.2) is 41.3 Å². The molecular weight excluding hydrogens is 533 g/mol. The van der Waals surface area contributed by atoms with E-state index in [4.69, 9.17) is 26.4 Å². The number of halogens is 1. The smallest absolute Gasteiger partial charge is 0.270 e. The van der Waals surface area contributed by atoms with E-state index in [0.717, 1.165) is 32.7 Å². The second-order valence-electron chi connectivity index (χ2n) is 6.33. The van der Waals surface area contributed by atoms with Gasteiger partial charge in [0.2, 0.25) is 0 Å². The summed E-state index contributed by atoms with van der Waals surface area (Å²) in [6.07, 6.45) is 2.75. The molecule has 0 radical (unpaired) electrons. The fraction of sp³-hybridized carbons (Fsp3) is 0.273. The van der Waals surface area contributed by atoms with Crippen LogP contribution in [0.3, 0.4) is 0 Å². The number of anilines is 1. The number of thiocarbonyl (C=S) groups is 1. The summed E-state index contributed by atoms with van der Waals surface area (Å²) in [5, 5.41) is 0. The fourth-order valence-corrected chi connectivity index (χ4v) is 4.95. The number of carbonyl (C=O) groups is 1. The van der Waals surface area contributed by atoms with Crippen molar-refractivity contribution in [3.63, 3.8) is 0 Å². The van der Waals surface area contributed by atoms with E-state index in [-0.39, 0.29) is 5.91 Å². The maximum Gasteiger partial charge on any atom is 0.270 e. The van der Waals surface area contributed by atoms with Crippen LogP contribution in [0.25, 0.3) is 6.08 Å². The maximum atomic E-state index is 13.0. The molecule has 0 aromatic heterocycles.